The van der Waals surface area contributed by atoms with Crippen molar-refractivity contribution in [1.29, 1.82) is 0 Å². The van der Waals surface area contributed by atoms with Gasteiger partial charge < -0.3 is 10.0 Å². The summed E-state index contributed by atoms with van der Waals surface area (Å²) in [6, 6.07) is 6.72. The Kier molecular flexibility index (Phi) is 4.16. The number of hydrogen-bond acceptors (Lipinski definition) is 5. The van der Waals surface area contributed by atoms with Crippen molar-refractivity contribution in [3.8, 4) is 17.0 Å². The third-order valence-corrected chi connectivity index (χ3v) is 4.59. The van der Waals surface area contributed by atoms with Crippen molar-refractivity contribution in [3.63, 3.8) is 0 Å². The molecular formula is C18H19N5O3. The van der Waals surface area contributed by atoms with Crippen LogP contribution in [0.4, 0.5) is 0 Å². The maximum Gasteiger partial charge on any atom is 0.326 e. The number of fused-ring (bicyclic) bond motifs is 1. The Labute approximate surface area is 148 Å². The van der Waals surface area contributed by atoms with Crippen LogP contribution in [0, 0.1) is 0 Å². The van der Waals surface area contributed by atoms with Crippen LogP contribution >= 0.6 is 0 Å². The summed E-state index contributed by atoms with van der Waals surface area (Å²) in [6.45, 7) is 1.51. The normalized spacial score (nSPS) is 14.5. The predicted octanol–water partition coefficient (Wildman–Crippen LogP) is 1.57. The average Bonchev–Trinajstić information content (AvgIpc) is 3.19. The fourth-order valence-corrected chi connectivity index (χ4v) is 3.29. The van der Waals surface area contributed by atoms with E-state index < -0.39 is 0 Å². The second-order valence-corrected chi connectivity index (χ2v) is 6.43. The fraction of sp³-hybridized carbons (Fsp3) is 0.333. The molecule has 1 amide bonds. The number of nitrogens with one attached hydrogen (secondary N) is 2. The van der Waals surface area contributed by atoms with Gasteiger partial charge in [-0.15, -0.1) is 0 Å². The Morgan fingerprint density at radius 2 is 1.81 bits per heavy atom. The molecule has 1 aliphatic heterocycles. The molecule has 0 spiro atoms. The van der Waals surface area contributed by atoms with Crippen molar-refractivity contribution in [2.45, 2.75) is 25.7 Å². The summed E-state index contributed by atoms with van der Waals surface area (Å²) < 4.78 is 0. The van der Waals surface area contributed by atoms with Crippen LogP contribution in [0.25, 0.3) is 22.6 Å². The number of aromatic hydroxyl groups is 1. The van der Waals surface area contributed by atoms with Crippen LogP contribution in [0.2, 0.25) is 0 Å². The number of carbonyl (C=O) groups is 1. The number of H-pyrrole nitrogens is 2. The van der Waals surface area contributed by atoms with Gasteiger partial charge in [0.25, 0.3) is 0 Å². The number of benzene rings is 1. The van der Waals surface area contributed by atoms with Crippen LogP contribution < -0.4 is 5.69 Å². The lowest BCUT2D eigenvalue weighted by molar-refractivity contribution is -0.127. The van der Waals surface area contributed by atoms with Gasteiger partial charge in [-0.05, 0) is 43.5 Å². The molecule has 0 atom stereocenters. The number of aromatic amines is 2. The van der Waals surface area contributed by atoms with E-state index in [-0.39, 0.29) is 17.3 Å². The molecule has 0 radical (unpaired) electrons. The van der Waals surface area contributed by atoms with E-state index in [9.17, 15) is 14.7 Å². The summed E-state index contributed by atoms with van der Waals surface area (Å²) in [4.78, 5) is 39.5. The maximum atomic E-state index is 11.7. The molecule has 0 bridgehead atoms. The zero-order chi connectivity index (χ0) is 18.1. The number of aromatic nitrogens is 4. The highest BCUT2D eigenvalue weighted by Crippen LogP contribution is 2.25. The number of likely N-dealkylation sites (tertiary alicyclic amines) is 1. The van der Waals surface area contributed by atoms with E-state index in [2.05, 4.69) is 19.9 Å². The Morgan fingerprint density at radius 1 is 1.08 bits per heavy atom. The molecule has 1 fully saturated rings. The molecule has 3 heterocycles. The second-order valence-electron chi connectivity index (χ2n) is 6.43. The first-order chi connectivity index (χ1) is 12.6. The summed E-state index contributed by atoms with van der Waals surface area (Å²) in [7, 11) is 0. The van der Waals surface area contributed by atoms with Gasteiger partial charge in [0, 0.05) is 25.1 Å². The first-order valence-corrected chi connectivity index (χ1v) is 8.66. The van der Waals surface area contributed by atoms with Crippen LogP contribution in [0.5, 0.6) is 5.75 Å². The van der Waals surface area contributed by atoms with Gasteiger partial charge in [-0.2, -0.15) is 0 Å². The van der Waals surface area contributed by atoms with E-state index in [1.807, 2.05) is 4.90 Å². The standard InChI is InChI=1S/C18H19N5O3/c24-12-7-5-11(6-8-12)15-13(3-1-9-23-10-2-4-14(23)25)19-16-17(20-15)22-18(26)21-16/h5-8,24H,1-4,9-10H2,(H2,19,20,21,22,26). The smallest absolute Gasteiger partial charge is 0.326 e. The minimum atomic E-state index is -0.350. The molecule has 3 aromatic rings. The third kappa shape index (κ3) is 3.17. The van der Waals surface area contributed by atoms with Crippen molar-refractivity contribution in [2.75, 3.05) is 13.1 Å². The van der Waals surface area contributed by atoms with Gasteiger partial charge in [0.2, 0.25) is 5.91 Å². The molecule has 1 aromatic carbocycles. The largest absolute Gasteiger partial charge is 0.508 e. The van der Waals surface area contributed by atoms with Crippen molar-refractivity contribution >= 4 is 17.2 Å². The van der Waals surface area contributed by atoms with Crippen LogP contribution in [-0.4, -0.2) is 48.9 Å². The van der Waals surface area contributed by atoms with Crippen LogP contribution in [0.1, 0.15) is 25.0 Å². The topological polar surface area (TPSA) is 115 Å². The molecule has 8 nitrogen and oxygen atoms in total. The minimum Gasteiger partial charge on any atom is -0.508 e. The van der Waals surface area contributed by atoms with E-state index in [1.54, 1.807) is 24.3 Å². The zero-order valence-corrected chi connectivity index (χ0v) is 14.2. The monoisotopic (exact) mass is 353 g/mol. The summed E-state index contributed by atoms with van der Waals surface area (Å²) in [5.74, 6) is 0.382. The lowest BCUT2D eigenvalue weighted by Gasteiger charge is -2.15. The highest BCUT2D eigenvalue weighted by Gasteiger charge is 2.20. The Bertz CT molecular complexity index is 1010. The third-order valence-electron chi connectivity index (χ3n) is 4.59. The zero-order valence-electron chi connectivity index (χ0n) is 14.2. The fourth-order valence-electron chi connectivity index (χ4n) is 3.29. The Hall–Kier alpha value is -3.16. The van der Waals surface area contributed by atoms with E-state index in [0.29, 0.717) is 36.4 Å². The maximum absolute atomic E-state index is 11.7. The number of phenols is 1. The van der Waals surface area contributed by atoms with Gasteiger partial charge in [-0.25, -0.2) is 14.8 Å². The number of phenolic OH excluding ortho intramolecular Hbond substituents is 1. The van der Waals surface area contributed by atoms with Gasteiger partial charge in [0.05, 0.1) is 11.4 Å². The van der Waals surface area contributed by atoms with Crippen molar-refractivity contribution in [3.05, 3.63) is 40.4 Å². The summed E-state index contributed by atoms with van der Waals surface area (Å²) in [6.07, 6.45) is 2.96. The summed E-state index contributed by atoms with van der Waals surface area (Å²) in [5, 5.41) is 9.51. The minimum absolute atomic E-state index is 0.173. The molecule has 8 heteroatoms. The highest BCUT2D eigenvalue weighted by molar-refractivity contribution is 5.78. The first kappa shape index (κ1) is 16.3. The van der Waals surface area contributed by atoms with Crippen LogP contribution in [0.3, 0.4) is 0 Å². The molecule has 4 rings (SSSR count). The van der Waals surface area contributed by atoms with Gasteiger partial charge in [0.1, 0.15) is 5.75 Å². The van der Waals surface area contributed by atoms with Crippen molar-refractivity contribution in [1.82, 2.24) is 24.8 Å². The quantitative estimate of drug-likeness (QED) is 0.644. The molecule has 0 unspecified atom stereocenters. The molecular weight excluding hydrogens is 334 g/mol. The molecule has 26 heavy (non-hydrogen) atoms. The number of nitrogens with zero attached hydrogens (tertiary/aromatic N) is 3. The van der Waals surface area contributed by atoms with E-state index in [0.717, 1.165) is 30.6 Å². The molecule has 2 aromatic heterocycles. The SMILES string of the molecule is O=C1CCCN1CCCc1nc2[nH]c(=O)[nH]c2nc1-c1ccc(O)cc1. The number of carbonyl (C=O) groups excluding carboxylic acids is 1. The van der Waals surface area contributed by atoms with Crippen molar-refractivity contribution < 1.29 is 9.90 Å². The Morgan fingerprint density at radius 3 is 2.50 bits per heavy atom. The molecule has 1 aliphatic rings. The average molecular weight is 353 g/mol. The number of hydrogen-bond donors (Lipinski definition) is 3. The summed E-state index contributed by atoms with van der Waals surface area (Å²) >= 11 is 0. The van der Waals surface area contributed by atoms with E-state index >= 15 is 0 Å². The Balaban J connectivity index is 1.64. The lowest BCUT2D eigenvalue weighted by Crippen LogP contribution is -2.26. The molecule has 0 aliphatic carbocycles. The van der Waals surface area contributed by atoms with Crippen LogP contribution in [0.15, 0.2) is 29.1 Å². The van der Waals surface area contributed by atoms with Gasteiger partial charge in [0.15, 0.2) is 11.3 Å². The molecule has 134 valence electrons. The predicted molar refractivity (Wildman–Crippen MR) is 95.7 cm³/mol. The summed E-state index contributed by atoms with van der Waals surface area (Å²) in [5.41, 5.74) is 2.70. The number of aryl methyl sites for hydroxylation is 1. The molecule has 0 saturated carbocycles. The second kappa shape index (κ2) is 6.62. The first-order valence-electron chi connectivity index (χ1n) is 8.66. The number of amides is 1. The van der Waals surface area contributed by atoms with Crippen LogP contribution in [-0.2, 0) is 11.2 Å². The van der Waals surface area contributed by atoms with E-state index in [1.165, 1.54) is 0 Å². The number of rotatable bonds is 5. The molecule has 3 N–H and O–H groups in total. The number of imidazole rings is 1. The van der Waals surface area contributed by atoms with Gasteiger partial charge in [-0.3, -0.25) is 14.8 Å². The van der Waals surface area contributed by atoms with Gasteiger partial charge in [-0.1, -0.05) is 0 Å². The van der Waals surface area contributed by atoms with Crippen molar-refractivity contribution in [2.24, 2.45) is 0 Å². The molecule has 1 saturated heterocycles. The lowest BCUT2D eigenvalue weighted by atomic mass is 10.1. The van der Waals surface area contributed by atoms with Gasteiger partial charge >= 0.3 is 5.69 Å². The highest BCUT2D eigenvalue weighted by atomic mass is 16.3. The van der Waals surface area contributed by atoms with E-state index in [4.69, 9.17) is 0 Å².